The van der Waals surface area contributed by atoms with Crippen molar-refractivity contribution < 1.29 is 23.8 Å². The van der Waals surface area contributed by atoms with Gasteiger partial charge in [0.25, 0.3) is 0 Å². The van der Waals surface area contributed by atoms with Crippen LogP contribution < -0.4 is 9.64 Å². The summed E-state index contributed by atoms with van der Waals surface area (Å²) in [5.41, 5.74) is 1.49. The van der Waals surface area contributed by atoms with Crippen LogP contribution in [0.25, 0.3) is 0 Å². The molecule has 3 aliphatic rings. The molecule has 2 aromatic rings. The van der Waals surface area contributed by atoms with Crippen LogP contribution in [0.15, 0.2) is 48.5 Å². The summed E-state index contributed by atoms with van der Waals surface area (Å²) in [4.78, 5) is 31.2. The number of rotatable bonds is 5. The SMILES string of the molecule is CC(C)(C)OC(=O)N1CC2CCC(C1)N2c1cc(Cl)cc(OC2CCN(C(=O)OCc3ccccc3)CC2)c1. The molecule has 8 nitrogen and oxygen atoms in total. The van der Waals surface area contributed by atoms with Gasteiger partial charge in [0.2, 0.25) is 0 Å². The van der Waals surface area contributed by atoms with E-state index < -0.39 is 5.60 Å². The second kappa shape index (κ2) is 11.5. The van der Waals surface area contributed by atoms with Gasteiger partial charge >= 0.3 is 12.2 Å². The second-order valence-corrected chi connectivity index (χ2v) is 12.1. The Hall–Kier alpha value is -3.13. The predicted octanol–water partition coefficient (Wildman–Crippen LogP) is 6.11. The lowest BCUT2D eigenvalue weighted by Gasteiger charge is -2.42. The topological polar surface area (TPSA) is 71.6 Å². The molecule has 39 heavy (non-hydrogen) atoms. The molecule has 210 valence electrons. The number of benzene rings is 2. The third-order valence-electron chi connectivity index (χ3n) is 7.50. The van der Waals surface area contributed by atoms with E-state index in [4.69, 9.17) is 25.8 Å². The fourth-order valence-electron chi connectivity index (χ4n) is 5.72. The monoisotopic (exact) mass is 555 g/mol. The maximum Gasteiger partial charge on any atom is 0.410 e. The minimum Gasteiger partial charge on any atom is -0.490 e. The molecule has 9 heteroatoms. The number of anilines is 1. The smallest absolute Gasteiger partial charge is 0.410 e. The van der Waals surface area contributed by atoms with Crippen molar-refractivity contribution in [2.24, 2.45) is 0 Å². The first kappa shape index (κ1) is 27.4. The fraction of sp³-hybridized carbons (Fsp3) is 0.533. The second-order valence-electron chi connectivity index (χ2n) is 11.7. The largest absolute Gasteiger partial charge is 0.490 e. The molecule has 0 N–H and O–H groups in total. The summed E-state index contributed by atoms with van der Waals surface area (Å²) in [7, 11) is 0. The third-order valence-corrected chi connectivity index (χ3v) is 7.71. The highest BCUT2D eigenvalue weighted by atomic mass is 35.5. The molecule has 0 aliphatic carbocycles. The summed E-state index contributed by atoms with van der Waals surface area (Å²) in [6.07, 6.45) is 2.95. The summed E-state index contributed by atoms with van der Waals surface area (Å²) >= 11 is 6.54. The van der Waals surface area contributed by atoms with Crippen LogP contribution in [0.4, 0.5) is 15.3 Å². The molecule has 0 spiro atoms. The van der Waals surface area contributed by atoms with Crippen LogP contribution in [0.3, 0.4) is 0 Å². The summed E-state index contributed by atoms with van der Waals surface area (Å²) in [5, 5.41) is 0.624. The Labute approximate surface area is 235 Å². The van der Waals surface area contributed by atoms with Crippen LogP contribution >= 0.6 is 11.6 Å². The van der Waals surface area contributed by atoms with Crippen molar-refractivity contribution in [1.82, 2.24) is 9.80 Å². The number of carbonyl (C=O) groups excluding carboxylic acids is 2. The number of halogens is 1. The zero-order chi connectivity index (χ0) is 27.6. The molecule has 0 saturated carbocycles. The Morgan fingerprint density at radius 1 is 0.897 bits per heavy atom. The van der Waals surface area contributed by atoms with Crippen molar-refractivity contribution in [2.45, 2.75) is 76.9 Å². The van der Waals surface area contributed by atoms with Crippen molar-refractivity contribution in [3.63, 3.8) is 0 Å². The third kappa shape index (κ3) is 6.90. The van der Waals surface area contributed by atoms with Crippen molar-refractivity contribution in [3.05, 3.63) is 59.1 Å². The maximum atomic E-state index is 12.7. The Morgan fingerprint density at radius 2 is 1.56 bits per heavy atom. The highest BCUT2D eigenvalue weighted by Crippen LogP contribution is 2.38. The predicted molar refractivity (Wildman–Crippen MR) is 150 cm³/mol. The minimum atomic E-state index is -0.509. The quantitative estimate of drug-likeness (QED) is 0.443. The zero-order valence-corrected chi connectivity index (χ0v) is 23.7. The number of nitrogens with zero attached hydrogens (tertiary/aromatic N) is 3. The van der Waals surface area contributed by atoms with Crippen LogP contribution in [0.5, 0.6) is 5.75 Å². The van der Waals surface area contributed by atoms with Gasteiger partial charge in [0.05, 0.1) is 0 Å². The summed E-state index contributed by atoms with van der Waals surface area (Å²) in [6.45, 7) is 8.39. The normalized spacial score (nSPS) is 21.6. The molecule has 2 atom stereocenters. The first-order valence-electron chi connectivity index (χ1n) is 13.8. The maximum absolute atomic E-state index is 12.7. The van der Waals surface area contributed by atoms with Gasteiger partial charge < -0.3 is 28.9 Å². The van der Waals surface area contributed by atoms with Gasteiger partial charge in [-0.15, -0.1) is 0 Å². The van der Waals surface area contributed by atoms with E-state index in [1.165, 1.54) is 0 Å². The molecule has 2 bridgehead atoms. The van der Waals surface area contributed by atoms with E-state index in [0.29, 0.717) is 31.2 Å². The van der Waals surface area contributed by atoms with Gasteiger partial charge in [0, 0.05) is 67.9 Å². The van der Waals surface area contributed by atoms with Crippen molar-refractivity contribution in [2.75, 3.05) is 31.1 Å². The zero-order valence-electron chi connectivity index (χ0n) is 23.0. The van der Waals surface area contributed by atoms with Crippen molar-refractivity contribution in [3.8, 4) is 5.75 Å². The van der Waals surface area contributed by atoms with Gasteiger partial charge in [-0.2, -0.15) is 0 Å². The van der Waals surface area contributed by atoms with E-state index in [0.717, 1.165) is 42.7 Å². The average molecular weight is 556 g/mol. The van der Waals surface area contributed by atoms with E-state index >= 15 is 0 Å². The number of likely N-dealkylation sites (tertiary alicyclic amines) is 2. The molecule has 3 saturated heterocycles. The minimum absolute atomic E-state index is 0.00442. The average Bonchev–Trinajstić information content (AvgIpc) is 3.16. The molecule has 3 heterocycles. The molecule has 0 radical (unpaired) electrons. The number of hydrogen-bond acceptors (Lipinski definition) is 6. The molecule has 5 rings (SSSR count). The fourth-order valence-corrected chi connectivity index (χ4v) is 5.94. The highest BCUT2D eigenvalue weighted by Gasteiger charge is 2.42. The van der Waals surface area contributed by atoms with Gasteiger partial charge in [-0.1, -0.05) is 41.9 Å². The summed E-state index contributed by atoms with van der Waals surface area (Å²) < 4.78 is 17.5. The molecular formula is C30H38ClN3O5. The number of amides is 2. The van der Waals surface area contributed by atoms with Gasteiger partial charge in [-0.05, 0) is 51.3 Å². The van der Waals surface area contributed by atoms with E-state index in [1.54, 1.807) is 4.90 Å². The molecule has 2 amide bonds. The summed E-state index contributed by atoms with van der Waals surface area (Å²) in [6, 6.07) is 16.0. The number of piperazine rings is 1. The first-order chi connectivity index (χ1) is 18.6. The summed E-state index contributed by atoms with van der Waals surface area (Å²) in [5.74, 6) is 0.733. The molecule has 3 aliphatic heterocycles. The first-order valence-corrected chi connectivity index (χ1v) is 14.2. The molecular weight excluding hydrogens is 518 g/mol. The van der Waals surface area contributed by atoms with E-state index in [1.807, 2.05) is 68.1 Å². The number of carbonyl (C=O) groups is 2. The Balaban J connectivity index is 1.15. The van der Waals surface area contributed by atoms with Crippen LogP contribution in [0, 0.1) is 0 Å². The van der Waals surface area contributed by atoms with Crippen LogP contribution in [-0.4, -0.2) is 72.0 Å². The standard InChI is InChI=1S/C30H38ClN3O5/c1-30(2,3)39-29(36)33-18-23-9-10-24(19-33)34(23)25-15-22(31)16-27(17-25)38-26-11-13-32(14-12-26)28(35)37-20-21-7-5-4-6-8-21/h4-8,15-17,23-24,26H,9-14,18-20H2,1-3H3. The highest BCUT2D eigenvalue weighted by molar-refractivity contribution is 6.31. The number of ether oxygens (including phenoxy) is 3. The number of fused-ring (bicyclic) bond motifs is 2. The van der Waals surface area contributed by atoms with Gasteiger partial charge in [-0.3, -0.25) is 0 Å². The van der Waals surface area contributed by atoms with Crippen molar-refractivity contribution >= 4 is 29.5 Å². The Morgan fingerprint density at radius 3 is 2.21 bits per heavy atom. The van der Waals surface area contributed by atoms with Crippen LogP contribution in [0.1, 0.15) is 52.0 Å². The van der Waals surface area contributed by atoms with Crippen molar-refractivity contribution in [1.29, 1.82) is 0 Å². The molecule has 2 aromatic carbocycles. The Kier molecular flexibility index (Phi) is 8.12. The van der Waals surface area contributed by atoms with Gasteiger partial charge in [-0.25, -0.2) is 9.59 Å². The molecule has 0 aromatic heterocycles. The molecule has 3 fully saturated rings. The lowest BCUT2D eigenvalue weighted by Crippen LogP contribution is -2.56. The van der Waals surface area contributed by atoms with Crippen LogP contribution in [0.2, 0.25) is 5.02 Å². The van der Waals surface area contributed by atoms with Gasteiger partial charge in [0.15, 0.2) is 0 Å². The van der Waals surface area contributed by atoms with E-state index in [-0.39, 0.29) is 37.0 Å². The molecule has 2 unspecified atom stereocenters. The Bertz CT molecular complexity index is 1150. The number of piperidine rings is 1. The van der Waals surface area contributed by atoms with Gasteiger partial charge in [0.1, 0.15) is 24.1 Å². The van der Waals surface area contributed by atoms with E-state index in [2.05, 4.69) is 11.0 Å². The lowest BCUT2D eigenvalue weighted by molar-refractivity contribution is 0.0209. The number of hydrogen-bond donors (Lipinski definition) is 0. The van der Waals surface area contributed by atoms with E-state index in [9.17, 15) is 9.59 Å². The lowest BCUT2D eigenvalue weighted by atomic mass is 10.1. The van der Waals surface area contributed by atoms with Crippen LogP contribution in [-0.2, 0) is 16.1 Å².